The molecule has 0 aliphatic carbocycles. The zero-order valence-electron chi connectivity index (χ0n) is 16.8. The van der Waals surface area contributed by atoms with Gasteiger partial charge in [0.1, 0.15) is 0 Å². The Morgan fingerprint density at radius 2 is 1.70 bits per heavy atom. The van der Waals surface area contributed by atoms with Crippen LogP contribution in [0.25, 0.3) is 10.9 Å². The predicted octanol–water partition coefficient (Wildman–Crippen LogP) is 4.94. The molecule has 0 atom stereocenters. The van der Waals surface area contributed by atoms with E-state index in [1.165, 1.54) is 5.56 Å². The number of nitrogens with one attached hydrogen (secondary N) is 1. The van der Waals surface area contributed by atoms with Crippen molar-refractivity contribution in [3.63, 3.8) is 0 Å². The second-order valence-corrected chi connectivity index (χ2v) is 7.70. The summed E-state index contributed by atoms with van der Waals surface area (Å²) in [6.45, 7) is 2.69. The van der Waals surface area contributed by atoms with Gasteiger partial charge in [0.2, 0.25) is 0 Å². The van der Waals surface area contributed by atoms with E-state index in [1.54, 1.807) is 6.20 Å². The second kappa shape index (κ2) is 8.03. The summed E-state index contributed by atoms with van der Waals surface area (Å²) in [5.74, 6) is 0.753. The van der Waals surface area contributed by atoms with E-state index in [-0.39, 0.29) is 5.91 Å². The van der Waals surface area contributed by atoms with Gasteiger partial charge in [-0.25, -0.2) is 4.98 Å². The lowest BCUT2D eigenvalue weighted by molar-refractivity contribution is 0.102. The molecule has 1 fully saturated rings. The molecule has 150 valence electrons. The smallest absolute Gasteiger partial charge is 0.257 e. The topological polar surface area (TPSA) is 50.2 Å². The molecule has 0 saturated carbocycles. The molecule has 30 heavy (non-hydrogen) atoms. The number of anilines is 2. The van der Waals surface area contributed by atoms with Gasteiger partial charge in [0.25, 0.3) is 5.91 Å². The lowest BCUT2D eigenvalue weighted by Gasteiger charge is -2.19. The Balaban J connectivity index is 1.47. The number of carbonyl (C=O) groups is 1. The van der Waals surface area contributed by atoms with E-state index in [2.05, 4.69) is 38.0 Å². The number of nitrogens with zero attached hydrogens (tertiary/aromatic N) is 3. The van der Waals surface area contributed by atoms with Crippen molar-refractivity contribution in [3.05, 3.63) is 90.3 Å². The third-order valence-electron chi connectivity index (χ3n) is 5.67. The molecule has 4 aromatic rings. The first-order valence-corrected chi connectivity index (χ1v) is 10.4. The number of hydrogen-bond acceptors (Lipinski definition) is 3. The van der Waals surface area contributed by atoms with Crippen LogP contribution in [-0.2, 0) is 6.54 Å². The van der Waals surface area contributed by atoms with Gasteiger partial charge in [0, 0.05) is 42.9 Å². The molecule has 5 nitrogen and oxygen atoms in total. The summed E-state index contributed by atoms with van der Waals surface area (Å²) in [6, 6.07) is 22.2. The minimum atomic E-state index is -0.105. The number of fused-ring (bicyclic) bond motifs is 1. The van der Waals surface area contributed by atoms with Crippen molar-refractivity contribution in [1.82, 2.24) is 9.55 Å². The highest BCUT2D eigenvalue weighted by molar-refractivity contribution is 6.13. The third-order valence-corrected chi connectivity index (χ3v) is 5.67. The molecular formula is C25H24N4O. The lowest BCUT2D eigenvalue weighted by Crippen LogP contribution is -2.22. The Labute approximate surface area is 176 Å². The summed E-state index contributed by atoms with van der Waals surface area (Å²) in [7, 11) is 0. The van der Waals surface area contributed by atoms with Gasteiger partial charge in [0.15, 0.2) is 5.82 Å². The van der Waals surface area contributed by atoms with E-state index in [9.17, 15) is 4.79 Å². The molecular weight excluding hydrogens is 372 g/mol. The quantitative estimate of drug-likeness (QED) is 0.520. The highest BCUT2D eigenvalue weighted by Crippen LogP contribution is 2.28. The van der Waals surface area contributed by atoms with Gasteiger partial charge in [-0.3, -0.25) is 4.79 Å². The van der Waals surface area contributed by atoms with E-state index in [4.69, 9.17) is 0 Å². The number of aromatic nitrogens is 2. The number of para-hydroxylation sites is 1. The Morgan fingerprint density at radius 3 is 2.53 bits per heavy atom. The fraction of sp³-hybridized carbons (Fsp3) is 0.200. The molecule has 0 radical (unpaired) electrons. The third kappa shape index (κ3) is 3.54. The maximum Gasteiger partial charge on any atom is 0.257 e. The molecule has 1 aliphatic heterocycles. The second-order valence-electron chi connectivity index (χ2n) is 7.70. The maximum atomic E-state index is 13.3. The predicted molar refractivity (Wildman–Crippen MR) is 121 cm³/mol. The molecule has 1 amide bonds. The minimum Gasteiger partial charge on any atom is -0.355 e. The first-order chi connectivity index (χ1) is 14.8. The van der Waals surface area contributed by atoms with Gasteiger partial charge in [-0.15, -0.1) is 0 Å². The van der Waals surface area contributed by atoms with Crippen molar-refractivity contribution in [3.8, 4) is 0 Å². The number of hydrogen-bond donors (Lipinski definition) is 1. The molecule has 1 saturated heterocycles. The van der Waals surface area contributed by atoms with Crippen LogP contribution < -0.4 is 10.2 Å². The largest absolute Gasteiger partial charge is 0.355 e. The van der Waals surface area contributed by atoms with E-state index < -0.39 is 0 Å². The summed E-state index contributed by atoms with van der Waals surface area (Å²) >= 11 is 0. The molecule has 5 rings (SSSR count). The number of benzene rings is 2. The van der Waals surface area contributed by atoms with Crippen LogP contribution in [0.2, 0.25) is 0 Å². The van der Waals surface area contributed by atoms with Crippen molar-refractivity contribution in [2.45, 2.75) is 19.4 Å². The summed E-state index contributed by atoms with van der Waals surface area (Å²) in [6.07, 6.45) is 6.07. The minimum absolute atomic E-state index is 0.105. The van der Waals surface area contributed by atoms with Gasteiger partial charge in [-0.2, -0.15) is 0 Å². The van der Waals surface area contributed by atoms with Crippen LogP contribution in [0.1, 0.15) is 28.8 Å². The van der Waals surface area contributed by atoms with Crippen LogP contribution in [0.4, 0.5) is 11.5 Å². The fourth-order valence-electron chi connectivity index (χ4n) is 4.20. The highest BCUT2D eigenvalue weighted by atomic mass is 16.1. The highest BCUT2D eigenvalue weighted by Gasteiger charge is 2.20. The van der Waals surface area contributed by atoms with Gasteiger partial charge < -0.3 is 14.8 Å². The monoisotopic (exact) mass is 396 g/mol. The zero-order valence-corrected chi connectivity index (χ0v) is 16.8. The van der Waals surface area contributed by atoms with Crippen molar-refractivity contribution < 1.29 is 4.79 Å². The Kier molecular flexibility index (Phi) is 4.93. The zero-order chi connectivity index (χ0) is 20.3. The number of carbonyl (C=O) groups excluding carboxylic acids is 1. The molecule has 2 aromatic heterocycles. The first kappa shape index (κ1) is 18.4. The van der Waals surface area contributed by atoms with E-state index in [0.29, 0.717) is 5.56 Å². The van der Waals surface area contributed by atoms with Crippen LogP contribution in [0.5, 0.6) is 0 Å². The summed E-state index contributed by atoms with van der Waals surface area (Å²) in [5.41, 5.74) is 3.70. The van der Waals surface area contributed by atoms with Crippen molar-refractivity contribution in [2.24, 2.45) is 0 Å². The number of rotatable bonds is 5. The van der Waals surface area contributed by atoms with Crippen LogP contribution in [0.3, 0.4) is 0 Å². The van der Waals surface area contributed by atoms with Crippen LogP contribution in [0.15, 0.2) is 79.1 Å². The molecule has 0 unspecified atom stereocenters. The van der Waals surface area contributed by atoms with Gasteiger partial charge in [-0.05, 0) is 36.6 Å². The summed E-state index contributed by atoms with van der Waals surface area (Å²) < 4.78 is 2.14. The molecule has 5 heteroatoms. The van der Waals surface area contributed by atoms with E-state index in [1.807, 2.05) is 54.7 Å². The molecule has 1 N–H and O–H groups in total. The molecule has 1 aliphatic rings. The van der Waals surface area contributed by atoms with E-state index in [0.717, 1.165) is 54.9 Å². The van der Waals surface area contributed by atoms with Crippen LogP contribution in [-0.4, -0.2) is 28.5 Å². The molecule has 3 heterocycles. The molecule has 0 spiro atoms. The maximum absolute atomic E-state index is 13.3. The van der Waals surface area contributed by atoms with Gasteiger partial charge in [-0.1, -0.05) is 48.5 Å². The van der Waals surface area contributed by atoms with Gasteiger partial charge >= 0.3 is 0 Å². The fourth-order valence-corrected chi connectivity index (χ4v) is 4.20. The lowest BCUT2D eigenvalue weighted by atomic mass is 10.1. The molecule has 2 aromatic carbocycles. The Bertz CT molecular complexity index is 1180. The normalized spacial score (nSPS) is 13.7. The van der Waals surface area contributed by atoms with Crippen molar-refractivity contribution >= 4 is 28.3 Å². The number of pyridine rings is 1. The SMILES string of the molecule is O=C(Nc1cccnc1N1CCCC1)c1cn(Cc2ccccc2)c2ccccc12. The van der Waals surface area contributed by atoms with Crippen LogP contribution in [0, 0.1) is 0 Å². The summed E-state index contributed by atoms with van der Waals surface area (Å²) in [5, 5.41) is 4.07. The van der Waals surface area contributed by atoms with E-state index >= 15 is 0 Å². The van der Waals surface area contributed by atoms with Crippen LogP contribution >= 0.6 is 0 Å². The Hall–Kier alpha value is -3.60. The van der Waals surface area contributed by atoms with Crippen molar-refractivity contribution in [2.75, 3.05) is 23.3 Å². The first-order valence-electron chi connectivity index (χ1n) is 10.4. The standard InChI is InChI=1S/C25H24N4O/c30-25(27-22-12-8-14-26-24(22)28-15-6-7-16-28)21-18-29(17-19-9-2-1-3-10-19)23-13-5-4-11-20(21)23/h1-5,8-14,18H,6-7,15-17H2,(H,27,30). The van der Waals surface area contributed by atoms with Crippen molar-refractivity contribution in [1.29, 1.82) is 0 Å². The average molecular weight is 396 g/mol. The average Bonchev–Trinajstić information content (AvgIpc) is 3.44. The van der Waals surface area contributed by atoms with Gasteiger partial charge in [0.05, 0.1) is 11.3 Å². The molecule has 0 bridgehead atoms. The summed E-state index contributed by atoms with van der Waals surface area (Å²) in [4.78, 5) is 20.1. The number of amides is 1. The Morgan fingerprint density at radius 1 is 0.933 bits per heavy atom.